The van der Waals surface area contributed by atoms with Gasteiger partial charge in [0, 0.05) is 9.61 Å². The summed E-state index contributed by atoms with van der Waals surface area (Å²) in [5.41, 5.74) is 6.57. The highest BCUT2D eigenvalue weighted by Crippen LogP contribution is 2.27. The average Bonchev–Trinajstić information content (AvgIpc) is 2.72. The Hall–Kier alpha value is -1.35. The summed E-state index contributed by atoms with van der Waals surface area (Å²) in [5, 5.41) is 6.65. The molecule has 0 unspecified atom stereocenters. The summed E-state index contributed by atoms with van der Waals surface area (Å²) in [4.78, 5) is 16.8. The molecule has 0 spiro atoms. The van der Waals surface area contributed by atoms with E-state index >= 15 is 0 Å². The molecule has 106 valence electrons. The SMILES string of the molecule is CC(C)Nc1nc(N)c(C(=O)Nc2ccccc2I)s1. The van der Waals surface area contributed by atoms with Crippen molar-refractivity contribution in [1.82, 2.24) is 4.98 Å². The summed E-state index contributed by atoms with van der Waals surface area (Å²) in [6.07, 6.45) is 0. The van der Waals surface area contributed by atoms with Gasteiger partial charge in [-0.15, -0.1) is 0 Å². The Balaban J connectivity index is 2.17. The smallest absolute Gasteiger partial charge is 0.269 e. The largest absolute Gasteiger partial charge is 0.382 e. The number of nitrogens with zero attached hydrogens (tertiary/aromatic N) is 1. The van der Waals surface area contributed by atoms with Crippen molar-refractivity contribution in [1.29, 1.82) is 0 Å². The van der Waals surface area contributed by atoms with Gasteiger partial charge in [0.1, 0.15) is 10.7 Å². The van der Waals surface area contributed by atoms with E-state index in [4.69, 9.17) is 5.73 Å². The second-order valence-electron chi connectivity index (χ2n) is 4.47. The summed E-state index contributed by atoms with van der Waals surface area (Å²) >= 11 is 3.43. The standard InChI is InChI=1S/C13H15IN4OS/c1-7(2)16-13-18-11(15)10(20-13)12(19)17-9-6-4-3-5-8(9)14/h3-7H,15H2,1-2H3,(H,16,18)(H,17,19). The number of carbonyl (C=O) groups is 1. The molecule has 0 aliphatic rings. The number of nitrogens with one attached hydrogen (secondary N) is 2. The van der Waals surface area contributed by atoms with Gasteiger partial charge in [-0.05, 0) is 48.6 Å². The Morgan fingerprint density at radius 3 is 2.75 bits per heavy atom. The highest BCUT2D eigenvalue weighted by Gasteiger charge is 2.17. The Kier molecular flexibility index (Phi) is 4.81. The van der Waals surface area contributed by atoms with E-state index in [1.165, 1.54) is 11.3 Å². The topological polar surface area (TPSA) is 80.0 Å². The Labute approximate surface area is 135 Å². The van der Waals surface area contributed by atoms with Gasteiger partial charge in [-0.2, -0.15) is 0 Å². The van der Waals surface area contributed by atoms with Crippen LogP contribution in [0.5, 0.6) is 0 Å². The lowest BCUT2D eigenvalue weighted by atomic mass is 10.3. The van der Waals surface area contributed by atoms with Gasteiger partial charge in [-0.3, -0.25) is 4.79 Å². The predicted molar refractivity (Wildman–Crippen MR) is 92.4 cm³/mol. The van der Waals surface area contributed by atoms with Crippen LogP contribution in [0.2, 0.25) is 0 Å². The molecule has 4 N–H and O–H groups in total. The molecule has 0 radical (unpaired) electrons. The molecule has 1 heterocycles. The van der Waals surface area contributed by atoms with Gasteiger partial charge in [0.15, 0.2) is 5.13 Å². The maximum atomic E-state index is 12.2. The lowest BCUT2D eigenvalue weighted by Crippen LogP contribution is -2.12. The van der Waals surface area contributed by atoms with E-state index in [2.05, 4.69) is 38.2 Å². The van der Waals surface area contributed by atoms with Crippen LogP contribution in [0.25, 0.3) is 0 Å². The number of nitrogens with two attached hydrogens (primary N) is 1. The van der Waals surface area contributed by atoms with E-state index in [0.29, 0.717) is 10.0 Å². The number of hydrogen-bond acceptors (Lipinski definition) is 5. The molecular formula is C13H15IN4OS. The number of para-hydroxylation sites is 1. The number of benzene rings is 1. The molecule has 7 heteroatoms. The van der Waals surface area contributed by atoms with Gasteiger partial charge in [-0.25, -0.2) is 4.98 Å². The maximum Gasteiger partial charge on any atom is 0.269 e. The van der Waals surface area contributed by atoms with Gasteiger partial charge in [0.2, 0.25) is 0 Å². The highest BCUT2D eigenvalue weighted by molar-refractivity contribution is 14.1. The minimum absolute atomic E-state index is 0.235. The van der Waals surface area contributed by atoms with Gasteiger partial charge < -0.3 is 16.4 Å². The quantitative estimate of drug-likeness (QED) is 0.685. The molecule has 1 amide bonds. The lowest BCUT2D eigenvalue weighted by molar-refractivity contribution is 0.103. The van der Waals surface area contributed by atoms with E-state index in [-0.39, 0.29) is 17.8 Å². The normalized spacial score (nSPS) is 10.6. The fourth-order valence-corrected chi connectivity index (χ4v) is 2.99. The molecule has 0 saturated heterocycles. The second kappa shape index (κ2) is 6.40. The van der Waals surface area contributed by atoms with Crippen LogP contribution in [0.1, 0.15) is 23.5 Å². The zero-order valence-corrected chi connectivity index (χ0v) is 14.1. The van der Waals surface area contributed by atoms with Crippen molar-refractivity contribution in [3.8, 4) is 0 Å². The Morgan fingerprint density at radius 2 is 2.10 bits per heavy atom. The monoisotopic (exact) mass is 402 g/mol. The molecule has 0 fully saturated rings. The van der Waals surface area contributed by atoms with Gasteiger partial charge >= 0.3 is 0 Å². The van der Waals surface area contributed by atoms with E-state index < -0.39 is 0 Å². The molecule has 2 aromatic rings. The number of hydrogen-bond donors (Lipinski definition) is 3. The van der Waals surface area contributed by atoms with E-state index in [0.717, 1.165) is 9.26 Å². The van der Waals surface area contributed by atoms with Crippen molar-refractivity contribution in [3.05, 3.63) is 32.7 Å². The van der Waals surface area contributed by atoms with Crippen LogP contribution in [0.15, 0.2) is 24.3 Å². The van der Waals surface area contributed by atoms with Crippen LogP contribution in [0, 0.1) is 3.57 Å². The van der Waals surface area contributed by atoms with Gasteiger partial charge in [0.25, 0.3) is 5.91 Å². The fourth-order valence-electron chi connectivity index (χ4n) is 1.54. The van der Waals surface area contributed by atoms with Crippen molar-refractivity contribution in [3.63, 3.8) is 0 Å². The van der Waals surface area contributed by atoms with Gasteiger partial charge in [0.05, 0.1) is 5.69 Å². The third-order valence-corrected chi connectivity index (χ3v) is 4.34. The molecule has 1 aromatic carbocycles. The van der Waals surface area contributed by atoms with Crippen molar-refractivity contribution >= 4 is 56.5 Å². The minimum atomic E-state index is -0.235. The summed E-state index contributed by atoms with van der Waals surface area (Å²) in [7, 11) is 0. The number of carbonyl (C=O) groups excluding carboxylic acids is 1. The number of thiazole rings is 1. The Bertz CT molecular complexity index is 627. The van der Waals surface area contributed by atoms with E-state index in [1.807, 2.05) is 38.1 Å². The lowest BCUT2D eigenvalue weighted by Gasteiger charge is -2.06. The summed E-state index contributed by atoms with van der Waals surface area (Å²) < 4.78 is 0.974. The van der Waals surface area contributed by atoms with Crippen LogP contribution in [0.4, 0.5) is 16.6 Å². The number of rotatable bonds is 4. The molecule has 0 bridgehead atoms. The van der Waals surface area contributed by atoms with Crippen LogP contribution < -0.4 is 16.4 Å². The summed E-state index contributed by atoms with van der Waals surface area (Å²) in [6.45, 7) is 4.01. The van der Waals surface area contributed by atoms with E-state index in [9.17, 15) is 4.79 Å². The molecule has 0 saturated carbocycles. The first kappa shape index (κ1) is 15.0. The number of nitrogen functional groups attached to an aromatic ring is 1. The van der Waals surface area contributed by atoms with Crippen LogP contribution in [0.3, 0.4) is 0 Å². The molecular weight excluding hydrogens is 387 g/mol. The molecule has 0 aliphatic carbocycles. The van der Waals surface area contributed by atoms with Crippen molar-refractivity contribution in [2.75, 3.05) is 16.4 Å². The van der Waals surface area contributed by atoms with Crippen LogP contribution in [-0.4, -0.2) is 16.9 Å². The van der Waals surface area contributed by atoms with Crippen molar-refractivity contribution < 1.29 is 4.79 Å². The van der Waals surface area contributed by atoms with Crippen LogP contribution in [-0.2, 0) is 0 Å². The zero-order valence-electron chi connectivity index (χ0n) is 11.1. The number of amides is 1. The molecule has 0 atom stereocenters. The zero-order chi connectivity index (χ0) is 14.7. The van der Waals surface area contributed by atoms with Crippen LogP contribution >= 0.6 is 33.9 Å². The first-order valence-electron chi connectivity index (χ1n) is 6.06. The molecule has 1 aromatic heterocycles. The molecule has 5 nitrogen and oxygen atoms in total. The van der Waals surface area contributed by atoms with Crippen molar-refractivity contribution in [2.24, 2.45) is 0 Å². The number of aromatic nitrogens is 1. The highest BCUT2D eigenvalue weighted by atomic mass is 127. The summed E-state index contributed by atoms with van der Waals surface area (Å²) in [6, 6.07) is 7.82. The molecule has 0 aliphatic heterocycles. The second-order valence-corrected chi connectivity index (χ2v) is 6.63. The first-order valence-corrected chi connectivity index (χ1v) is 7.95. The predicted octanol–water partition coefficient (Wildman–Crippen LogP) is 3.40. The maximum absolute atomic E-state index is 12.2. The first-order chi connectivity index (χ1) is 9.47. The molecule has 20 heavy (non-hydrogen) atoms. The third-order valence-electron chi connectivity index (χ3n) is 2.39. The van der Waals surface area contributed by atoms with Gasteiger partial charge in [-0.1, -0.05) is 23.5 Å². The number of anilines is 3. The Morgan fingerprint density at radius 1 is 1.40 bits per heavy atom. The van der Waals surface area contributed by atoms with Crippen molar-refractivity contribution in [2.45, 2.75) is 19.9 Å². The molecule has 2 rings (SSSR count). The summed E-state index contributed by atoms with van der Waals surface area (Å²) in [5.74, 6) is 0.0162. The average molecular weight is 402 g/mol. The minimum Gasteiger partial charge on any atom is -0.382 e. The van der Waals surface area contributed by atoms with E-state index in [1.54, 1.807) is 0 Å². The third kappa shape index (κ3) is 3.60. The fraction of sp³-hybridized carbons (Fsp3) is 0.231. The number of halogens is 1.